The summed E-state index contributed by atoms with van der Waals surface area (Å²) < 4.78 is 39.9. The highest BCUT2D eigenvalue weighted by atomic mass is 35.5. The molecule has 0 aromatic heterocycles. The SMILES string of the molecule is CNc1ccccc1S(=O)(=O)Nc1ccc(F)cc1Cl. The van der Waals surface area contributed by atoms with Crippen LogP contribution in [0.4, 0.5) is 15.8 Å². The van der Waals surface area contributed by atoms with Crippen molar-refractivity contribution in [2.75, 3.05) is 17.1 Å². The van der Waals surface area contributed by atoms with Gasteiger partial charge in [0.2, 0.25) is 0 Å². The van der Waals surface area contributed by atoms with Gasteiger partial charge in [-0.05, 0) is 30.3 Å². The number of para-hydroxylation sites is 1. The van der Waals surface area contributed by atoms with Crippen LogP contribution in [-0.4, -0.2) is 15.5 Å². The van der Waals surface area contributed by atoms with E-state index in [1.54, 1.807) is 25.2 Å². The van der Waals surface area contributed by atoms with Gasteiger partial charge in [-0.3, -0.25) is 4.72 Å². The number of anilines is 2. The minimum absolute atomic E-state index is 0.00415. The van der Waals surface area contributed by atoms with E-state index in [1.807, 2.05) is 0 Å². The first kappa shape index (κ1) is 14.6. The molecule has 20 heavy (non-hydrogen) atoms. The minimum Gasteiger partial charge on any atom is -0.387 e. The highest BCUT2D eigenvalue weighted by Crippen LogP contribution is 2.27. The molecule has 4 nitrogen and oxygen atoms in total. The van der Waals surface area contributed by atoms with Gasteiger partial charge in [-0.1, -0.05) is 23.7 Å². The van der Waals surface area contributed by atoms with Crippen molar-refractivity contribution in [2.24, 2.45) is 0 Å². The summed E-state index contributed by atoms with van der Waals surface area (Å²) in [4.78, 5) is 0.0860. The number of hydrogen-bond donors (Lipinski definition) is 2. The lowest BCUT2D eigenvalue weighted by Gasteiger charge is -2.12. The van der Waals surface area contributed by atoms with Crippen molar-refractivity contribution in [3.63, 3.8) is 0 Å². The van der Waals surface area contributed by atoms with Crippen LogP contribution in [0, 0.1) is 5.82 Å². The first-order valence-corrected chi connectivity index (χ1v) is 7.55. The fourth-order valence-corrected chi connectivity index (χ4v) is 3.24. The first-order chi connectivity index (χ1) is 9.44. The van der Waals surface area contributed by atoms with Crippen LogP contribution in [-0.2, 0) is 10.0 Å². The van der Waals surface area contributed by atoms with Crippen molar-refractivity contribution in [1.29, 1.82) is 0 Å². The highest BCUT2D eigenvalue weighted by Gasteiger charge is 2.19. The van der Waals surface area contributed by atoms with Crippen molar-refractivity contribution >= 4 is 33.0 Å². The summed E-state index contributed by atoms with van der Waals surface area (Å²) in [6, 6.07) is 9.89. The van der Waals surface area contributed by atoms with E-state index in [0.29, 0.717) is 5.69 Å². The Kier molecular flexibility index (Phi) is 4.15. The van der Waals surface area contributed by atoms with Gasteiger partial charge in [-0.2, -0.15) is 0 Å². The average Bonchev–Trinajstić information content (AvgIpc) is 2.42. The molecule has 0 amide bonds. The molecule has 0 bridgehead atoms. The molecule has 0 heterocycles. The molecule has 0 spiro atoms. The van der Waals surface area contributed by atoms with Crippen molar-refractivity contribution in [2.45, 2.75) is 4.90 Å². The number of benzene rings is 2. The quantitative estimate of drug-likeness (QED) is 0.910. The third-order valence-corrected chi connectivity index (χ3v) is 4.36. The van der Waals surface area contributed by atoms with Crippen molar-refractivity contribution in [3.8, 4) is 0 Å². The summed E-state index contributed by atoms with van der Waals surface area (Å²) in [5.41, 5.74) is 0.581. The Morgan fingerprint density at radius 3 is 2.45 bits per heavy atom. The Hall–Kier alpha value is -1.79. The Bertz CT molecular complexity index is 735. The van der Waals surface area contributed by atoms with Gasteiger partial charge in [0.05, 0.1) is 16.4 Å². The highest BCUT2D eigenvalue weighted by molar-refractivity contribution is 7.92. The third kappa shape index (κ3) is 3.02. The van der Waals surface area contributed by atoms with Crippen molar-refractivity contribution in [3.05, 3.63) is 53.3 Å². The van der Waals surface area contributed by atoms with E-state index in [0.717, 1.165) is 12.1 Å². The molecule has 0 saturated heterocycles. The maximum atomic E-state index is 13.0. The summed E-state index contributed by atoms with van der Waals surface area (Å²) in [7, 11) is -2.19. The molecular formula is C13H12ClFN2O2S. The average molecular weight is 315 g/mol. The topological polar surface area (TPSA) is 58.2 Å². The van der Waals surface area contributed by atoms with Gasteiger partial charge in [0.25, 0.3) is 10.0 Å². The molecule has 7 heteroatoms. The van der Waals surface area contributed by atoms with Crippen LogP contribution in [0.2, 0.25) is 5.02 Å². The van der Waals surface area contributed by atoms with E-state index in [2.05, 4.69) is 10.0 Å². The van der Waals surface area contributed by atoms with Crippen LogP contribution in [0.1, 0.15) is 0 Å². The summed E-state index contributed by atoms with van der Waals surface area (Å²) in [6.07, 6.45) is 0. The standard InChI is InChI=1S/C13H12ClFN2O2S/c1-16-12-4-2-3-5-13(12)20(18,19)17-11-7-6-9(15)8-10(11)14/h2-8,16-17H,1H3. The van der Waals surface area contributed by atoms with Crippen molar-refractivity contribution < 1.29 is 12.8 Å². The summed E-state index contributed by atoms with van der Waals surface area (Å²) >= 11 is 5.81. The van der Waals surface area contributed by atoms with Gasteiger partial charge in [0, 0.05) is 7.05 Å². The molecule has 0 aliphatic heterocycles. The zero-order valence-electron chi connectivity index (χ0n) is 10.5. The Morgan fingerprint density at radius 2 is 1.80 bits per heavy atom. The summed E-state index contributed by atoms with van der Waals surface area (Å²) in [5, 5.41) is 2.79. The van der Waals surface area contributed by atoms with E-state index >= 15 is 0 Å². The molecule has 0 fully saturated rings. The fourth-order valence-electron chi connectivity index (χ4n) is 1.68. The molecule has 2 aromatic carbocycles. The maximum Gasteiger partial charge on any atom is 0.263 e. The Morgan fingerprint density at radius 1 is 1.10 bits per heavy atom. The van der Waals surface area contributed by atoms with E-state index in [9.17, 15) is 12.8 Å². The second-order valence-corrected chi connectivity index (χ2v) is 6.03. The van der Waals surface area contributed by atoms with Gasteiger partial charge in [0.1, 0.15) is 10.7 Å². The molecule has 2 rings (SSSR count). The number of nitrogens with one attached hydrogen (secondary N) is 2. The van der Waals surface area contributed by atoms with Crippen LogP contribution in [0.25, 0.3) is 0 Å². The predicted molar refractivity (Wildman–Crippen MR) is 78.2 cm³/mol. The van der Waals surface area contributed by atoms with Gasteiger partial charge < -0.3 is 5.32 Å². The van der Waals surface area contributed by atoms with Crippen LogP contribution in [0.15, 0.2) is 47.4 Å². The predicted octanol–water partition coefficient (Wildman–Crippen LogP) is 3.32. The third-order valence-electron chi connectivity index (χ3n) is 2.62. The van der Waals surface area contributed by atoms with E-state index in [1.165, 1.54) is 12.1 Å². The monoisotopic (exact) mass is 314 g/mol. The zero-order valence-corrected chi connectivity index (χ0v) is 12.1. The molecule has 0 radical (unpaired) electrons. The number of rotatable bonds is 4. The largest absolute Gasteiger partial charge is 0.387 e. The lowest BCUT2D eigenvalue weighted by Crippen LogP contribution is -2.15. The van der Waals surface area contributed by atoms with Crippen LogP contribution >= 0.6 is 11.6 Å². The molecule has 0 aliphatic carbocycles. The van der Waals surface area contributed by atoms with Crippen molar-refractivity contribution in [1.82, 2.24) is 0 Å². The van der Waals surface area contributed by atoms with E-state index in [-0.39, 0.29) is 15.6 Å². The molecule has 106 valence electrons. The normalized spacial score (nSPS) is 11.2. The Balaban J connectivity index is 2.41. The van der Waals surface area contributed by atoms with Gasteiger partial charge >= 0.3 is 0 Å². The second kappa shape index (κ2) is 5.68. The maximum absolute atomic E-state index is 13.0. The van der Waals surface area contributed by atoms with Gasteiger partial charge in [0.15, 0.2) is 0 Å². The molecule has 0 unspecified atom stereocenters. The number of halogens is 2. The minimum atomic E-state index is -3.81. The number of sulfonamides is 1. The molecule has 0 saturated carbocycles. The molecule has 0 aliphatic rings. The van der Waals surface area contributed by atoms with Gasteiger partial charge in [-0.15, -0.1) is 0 Å². The van der Waals surface area contributed by atoms with Crippen LogP contribution < -0.4 is 10.0 Å². The molecule has 2 N–H and O–H groups in total. The second-order valence-electron chi connectivity index (χ2n) is 3.98. The van der Waals surface area contributed by atoms with Crippen LogP contribution in [0.3, 0.4) is 0 Å². The molecule has 2 aromatic rings. The summed E-state index contributed by atoms with van der Waals surface area (Å²) in [6.45, 7) is 0. The molecular weight excluding hydrogens is 303 g/mol. The molecule has 0 atom stereocenters. The lowest BCUT2D eigenvalue weighted by atomic mass is 10.3. The van der Waals surface area contributed by atoms with Crippen LogP contribution in [0.5, 0.6) is 0 Å². The number of hydrogen-bond acceptors (Lipinski definition) is 3. The fraction of sp³-hybridized carbons (Fsp3) is 0.0769. The van der Waals surface area contributed by atoms with E-state index < -0.39 is 15.8 Å². The van der Waals surface area contributed by atoms with E-state index in [4.69, 9.17) is 11.6 Å². The summed E-state index contributed by atoms with van der Waals surface area (Å²) in [5.74, 6) is -0.534. The first-order valence-electron chi connectivity index (χ1n) is 5.68. The zero-order chi connectivity index (χ0) is 14.8. The lowest BCUT2D eigenvalue weighted by molar-refractivity contribution is 0.601. The smallest absolute Gasteiger partial charge is 0.263 e. The van der Waals surface area contributed by atoms with Gasteiger partial charge in [-0.25, -0.2) is 12.8 Å². The Labute approximate surface area is 121 Å².